The third kappa shape index (κ3) is 5.86. The van der Waals surface area contributed by atoms with Gasteiger partial charge in [0.2, 0.25) is 0 Å². The Bertz CT molecular complexity index is 2090. The molecule has 1 fully saturated rings. The van der Waals surface area contributed by atoms with E-state index >= 15 is 0 Å². The molecule has 0 radical (unpaired) electrons. The van der Waals surface area contributed by atoms with E-state index in [1.165, 1.54) is 0 Å². The van der Waals surface area contributed by atoms with Gasteiger partial charge in [-0.05, 0) is 67.5 Å². The fourth-order valence-corrected chi connectivity index (χ4v) is 5.73. The van der Waals surface area contributed by atoms with Crippen molar-refractivity contribution in [3.05, 3.63) is 133 Å². The zero-order valence-electron chi connectivity index (χ0n) is 26.8. The van der Waals surface area contributed by atoms with Gasteiger partial charge in [-0.25, -0.2) is 15.0 Å². The largest absolute Gasteiger partial charge is 0.494 e. The molecule has 0 N–H and O–H groups in total. The van der Waals surface area contributed by atoms with Crippen LogP contribution in [0.2, 0.25) is 0 Å². The lowest BCUT2D eigenvalue weighted by Gasteiger charge is -2.32. The highest BCUT2D eigenvalue weighted by Crippen LogP contribution is 2.38. The lowest BCUT2D eigenvalue weighted by molar-refractivity contribution is 0.00578. The van der Waals surface area contributed by atoms with Gasteiger partial charge in [0, 0.05) is 16.7 Å². The van der Waals surface area contributed by atoms with Gasteiger partial charge >= 0.3 is 7.12 Å². The number of benzene rings is 5. The molecular formula is C40H33BN4O2. The van der Waals surface area contributed by atoms with Crippen LogP contribution in [0.25, 0.3) is 56.4 Å². The van der Waals surface area contributed by atoms with Gasteiger partial charge in [0.05, 0.1) is 22.8 Å². The Kier molecular flexibility index (Phi) is 7.77. The van der Waals surface area contributed by atoms with Crippen LogP contribution in [0.4, 0.5) is 0 Å². The summed E-state index contributed by atoms with van der Waals surface area (Å²) >= 11 is 0. The zero-order valence-corrected chi connectivity index (χ0v) is 26.8. The topological polar surface area (TPSA) is 80.9 Å². The molecule has 228 valence electrons. The Labute approximate surface area is 275 Å². The minimum Gasteiger partial charge on any atom is -0.399 e. The summed E-state index contributed by atoms with van der Waals surface area (Å²) in [6, 6.07) is 44.3. The number of rotatable bonds is 6. The van der Waals surface area contributed by atoms with Gasteiger partial charge in [0.1, 0.15) is 0 Å². The number of hydrogen-bond donors (Lipinski definition) is 0. The van der Waals surface area contributed by atoms with Crippen LogP contribution in [0.15, 0.2) is 127 Å². The highest BCUT2D eigenvalue weighted by molar-refractivity contribution is 6.62. The van der Waals surface area contributed by atoms with E-state index in [2.05, 4.69) is 70.2 Å². The number of hydrogen-bond acceptors (Lipinski definition) is 6. The average molecular weight is 613 g/mol. The summed E-state index contributed by atoms with van der Waals surface area (Å²) in [5, 5.41) is 9.36. The first kappa shape index (κ1) is 30.3. The monoisotopic (exact) mass is 612 g/mol. The molecule has 0 bridgehead atoms. The molecule has 0 aliphatic carbocycles. The van der Waals surface area contributed by atoms with Gasteiger partial charge in [-0.2, -0.15) is 5.26 Å². The van der Waals surface area contributed by atoms with Crippen molar-refractivity contribution in [1.82, 2.24) is 15.0 Å². The van der Waals surface area contributed by atoms with E-state index in [9.17, 15) is 5.26 Å². The first-order valence-corrected chi connectivity index (χ1v) is 15.7. The van der Waals surface area contributed by atoms with Crippen molar-refractivity contribution in [2.75, 3.05) is 0 Å². The number of nitriles is 1. The summed E-state index contributed by atoms with van der Waals surface area (Å²) in [6.07, 6.45) is 0. The fourth-order valence-electron chi connectivity index (χ4n) is 5.73. The van der Waals surface area contributed by atoms with Crippen molar-refractivity contribution in [3.63, 3.8) is 0 Å². The third-order valence-electron chi connectivity index (χ3n) is 9.06. The van der Waals surface area contributed by atoms with Crippen molar-refractivity contribution < 1.29 is 9.31 Å². The Balaban J connectivity index is 1.45. The Morgan fingerprint density at radius 2 is 1.00 bits per heavy atom. The van der Waals surface area contributed by atoms with E-state index in [1.807, 2.05) is 91.0 Å². The molecular weight excluding hydrogens is 579 g/mol. The van der Waals surface area contributed by atoms with E-state index in [1.54, 1.807) is 0 Å². The van der Waals surface area contributed by atoms with E-state index in [0.717, 1.165) is 44.4 Å². The first-order valence-electron chi connectivity index (χ1n) is 15.7. The van der Waals surface area contributed by atoms with Crippen LogP contribution in [0.5, 0.6) is 0 Å². The highest BCUT2D eigenvalue weighted by atomic mass is 16.7. The summed E-state index contributed by atoms with van der Waals surface area (Å²) in [5.41, 5.74) is 7.09. The third-order valence-corrected chi connectivity index (χ3v) is 9.06. The van der Waals surface area contributed by atoms with Crippen LogP contribution in [0.3, 0.4) is 0 Å². The predicted octanol–water partition coefficient (Wildman–Crippen LogP) is 8.38. The molecule has 0 amide bonds. The van der Waals surface area contributed by atoms with Crippen molar-refractivity contribution >= 4 is 12.6 Å². The lowest BCUT2D eigenvalue weighted by atomic mass is 9.77. The van der Waals surface area contributed by atoms with Crippen LogP contribution in [-0.4, -0.2) is 33.3 Å². The van der Waals surface area contributed by atoms with Crippen LogP contribution >= 0.6 is 0 Å². The molecule has 0 spiro atoms. The molecule has 7 heteroatoms. The van der Waals surface area contributed by atoms with Gasteiger partial charge in [0.25, 0.3) is 0 Å². The van der Waals surface area contributed by atoms with Gasteiger partial charge < -0.3 is 9.31 Å². The van der Waals surface area contributed by atoms with Gasteiger partial charge in [-0.1, -0.05) is 115 Å². The Morgan fingerprint density at radius 1 is 0.511 bits per heavy atom. The lowest BCUT2D eigenvalue weighted by Crippen LogP contribution is -2.41. The van der Waals surface area contributed by atoms with Crippen LogP contribution in [-0.2, 0) is 9.31 Å². The molecule has 0 saturated carbocycles. The maximum atomic E-state index is 9.36. The summed E-state index contributed by atoms with van der Waals surface area (Å²) < 4.78 is 12.9. The number of nitrogens with zero attached hydrogens (tertiary/aromatic N) is 4. The first-order chi connectivity index (χ1) is 22.7. The minimum atomic E-state index is -0.546. The smallest absolute Gasteiger partial charge is 0.399 e. The second-order valence-electron chi connectivity index (χ2n) is 12.7. The average Bonchev–Trinajstić information content (AvgIpc) is 3.34. The molecule has 0 unspecified atom stereocenters. The quantitative estimate of drug-likeness (QED) is 0.176. The SMILES string of the molecule is CC1(C)OB(c2ccc(-c3ccccc3)c(-c3nc(-c4ccccc4)nc(-c4ccccc4-c4ccc(C#N)cc4)n3)c2)OC1(C)C. The maximum absolute atomic E-state index is 9.36. The van der Waals surface area contributed by atoms with E-state index in [-0.39, 0.29) is 0 Å². The summed E-state index contributed by atoms with van der Waals surface area (Å²) in [4.78, 5) is 15.3. The van der Waals surface area contributed by atoms with Crippen LogP contribution < -0.4 is 5.46 Å². The molecule has 1 aliphatic rings. The molecule has 6 aromatic rings. The molecule has 47 heavy (non-hydrogen) atoms. The second kappa shape index (κ2) is 12.1. The molecule has 1 aromatic heterocycles. The van der Waals surface area contributed by atoms with E-state index in [4.69, 9.17) is 24.3 Å². The van der Waals surface area contributed by atoms with Crippen LogP contribution in [0.1, 0.15) is 33.3 Å². The fraction of sp³-hybridized carbons (Fsp3) is 0.150. The Hall–Kier alpha value is -5.42. The van der Waals surface area contributed by atoms with Crippen LogP contribution in [0, 0.1) is 11.3 Å². The maximum Gasteiger partial charge on any atom is 0.494 e. The molecule has 0 atom stereocenters. The van der Waals surface area contributed by atoms with Gasteiger partial charge in [0.15, 0.2) is 17.5 Å². The normalized spacial score (nSPS) is 14.9. The second-order valence-corrected chi connectivity index (χ2v) is 12.7. The zero-order chi connectivity index (χ0) is 32.6. The van der Waals surface area contributed by atoms with Crippen molar-refractivity contribution in [1.29, 1.82) is 5.26 Å². The van der Waals surface area contributed by atoms with Crippen molar-refractivity contribution in [2.24, 2.45) is 0 Å². The summed E-state index contributed by atoms with van der Waals surface area (Å²) in [7, 11) is -0.546. The molecule has 5 aromatic carbocycles. The van der Waals surface area contributed by atoms with E-state index < -0.39 is 18.3 Å². The summed E-state index contributed by atoms with van der Waals surface area (Å²) in [5.74, 6) is 1.66. The molecule has 1 aliphatic heterocycles. The van der Waals surface area contributed by atoms with Crippen molar-refractivity contribution in [2.45, 2.75) is 38.9 Å². The van der Waals surface area contributed by atoms with Gasteiger partial charge in [-0.3, -0.25) is 0 Å². The molecule has 6 nitrogen and oxygen atoms in total. The molecule has 1 saturated heterocycles. The minimum absolute atomic E-state index is 0.480. The molecule has 2 heterocycles. The standard InChI is InChI=1S/C40H33BN4O2/c1-39(2)40(3,4)47-41(46-39)31-23-24-33(28-13-7-5-8-14-28)35(25-31)38-44-36(30-15-9-6-10-16-30)43-37(45-38)34-18-12-11-17-32(34)29-21-19-27(26-42)20-22-29/h5-25H,1-4H3. The Morgan fingerprint density at radius 3 is 1.62 bits per heavy atom. The van der Waals surface area contributed by atoms with Gasteiger partial charge in [-0.15, -0.1) is 0 Å². The van der Waals surface area contributed by atoms with Crippen molar-refractivity contribution in [3.8, 4) is 62.5 Å². The van der Waals surface area contributed by atoms with E-state index in [0.29, 0.717) is 23.0 Å². The predicted molar refractivity (Wildman–Crippen MR) is 187 cm³/mol. The number of aromatic nitrogens is 3. The highest BCUT2D eigenvalue weighted by Gasteiger charge is 2.51. The summed E-state index contributed by atoms with van der Waals surface area (Å²) in [6.45, 7) is 8.23. The molecule has 7 rings (SSSR count).